The van der Waals surface area contributed by atoms with E-state index in [1.54, 1.807) is 11.8 Å². The molecule has 1 aromatic rings. The maximum Gasteiger partial charge on any atom is 0.241 e. The number of anilines is 1. The van der Waals surface area contributed by atoms with Gasteiger partial charge in [0, 0.05) is 11.0 Å². The Morgan fingerprint density at radius 1 is 1.53 bits per heavy atom. The van der Waals surface area contributed by atoms with Crippen LogP contribution in [0.1, 0.15) is 6.92 Å². The number of nitrogens with two attached hydrogens (primary N) is 1. The SMILES string of the molecule is CSCC(C)CNS(=O)(=O)c1cc(N)c(F)cc1Br. The largest absolute Gasteiger partial charge is 0.396 e. The standard InChI is InChI=1S/C11H16BrFN2O2S2/c1-7(6-18-2)5-15-19(16,17)11-4-10(14)9(13)3-8(11)12/h3-4,7,15H,5-6,14H2,1-2H3. The smallest absolute Gasteiger partial charge is 0.241 e. The molecule has 1 unspecified atom stereocenters. The molecule has 0 amide bonds. The van der Waals surface area contributed by atoms with Gasteiger partial charge >= 0.3 is 0 Å². The molecule has 0 aliphatic rings. The third-order valence-corrected chi connectivity index (χ3v) is 5.70. The van der Waals surface area contributed by atoms with Crippen molar-refractivity contribution in [3.8, 4) is 0 Å². The van der Waals surface area contributed by atoms with Crippen LogP contribution in [0.15, 0.2) is 21.5 Å². The summed E-state index contributed by atoms with van der Waals surface area (Å²) in [7, 11) is -3.70. The van der Waals surface area contributed by atoms with Crippen LogP contribution >= 0.6 is 27.7 Å². The van der Waals surface area contributed by atoms with Crippen LogP contribution in [0.25, 0.3) is 0 Å². The van der Waals surface area contributed by atoms with Crippen LogP contribution in [-0.2, 0) is 10.0 Å². The first-order valence-electron chi connectivity index (χ1n) is 5.51. The van der Waals surface area contributed by atoms with Crippen LogP contribution in [0.4, 0.5) is 10.1 Å². The highest BCUT2D eigenvalue weighted by Crippen LogP contribution is 2.26. The van der Waals surface area contributed by atoms with Gasteiger partial charge in [-0.2, -0.15) is 11.8 Å². The Kier molecular flexibility index (Phi) is 6.10. The van der Waals surface area contributed by atoms with Gasteiger partial charge in [-0.15, -0.1) is 0 Å². The molecule has 19 heavy (non-hydrogen) atoms. The van der Waals surface area contributed by atoms with Crippen molar-refractivity contribution in [1.82, 2.24) is 4.72 Å². The van der Waals surface area contributed by atoms with E-state index in [4.69, 9.17) is 5.73 Å². The Balaban J connectivity index is 2.92. The molecule has 0 spiro atoms. The van der Waals surface area contributed by atoms with E-state index in [1.807, 2.05) is 13.2 Å². The predicted octanol–water partition coefficient (Wildman–Crippen LogP) is 2.45. The Labute approximate surface area is 125 Å². The second kappa shape index (κ2) is 6.92. The minimum atomic E-state index is -3.70. The molecule has 0 saturated carbocycles. The minimum Gasteiger partial charge on any atom is -0.396 e. The van der Waals surface area contributed by atoms with E-state index in [0.717, 1.165) is 17.9 Å². The molecule has 1 rings (SSSR count). The average Bonchev–Trinajstić information content (AvgIpc) is 2.31. The Morgan fingerprint density at radius 2 is 2.16 bits per heavy atom. The van der Waals surface area contributed by atoms with E-state index in [2.05, 4.69) is 20.7 Å². The molecule has 0 radical (unpaired) electrons. The first kappa shape index (κ1) is 16.7. The third-order valence-electron chi connectivity index (χ3n) is 2.41. The molecule has 1 aromatic carbocycles. The van der Waals surface area contributed by atoms with E-state index in [0.29, 0.717) is 6.54 Å². The van der Waals surface area contributed by atoms with E-state index in [9.17, 15) is 12.8 Å². The summed E-state index contributed by atoms with van der Waals surface area (Å²) in [5, 5.41) is 0. The van der Waals surface area contributed by atoms with E-state index < -0.39 is 15.8 Å². The zero-order valence-corrected chi connectivity index (χ0v) is 13.8. The van der Waals surface area contributed by atoms with Crippen LogP contribution in [0.2, 0.25) is 0 Å². The molecule has 0 heterocycles. The van der Waals surface area contributed by atoms with Gasteiger partial charge in [0.1, 0.15) is 5.82 Å². The van der Waals surface area contributed by atoms with Crippen molar-refractivity contribution >= 4 is 43.4 Å². The molecule has 0 saturated heterocycles. The van der Waals surface area contributed by atoms with Crippen LogP contribution in [0, 0.1) is 11.7 Å². The fourth-order valence-corrected chi connectivity index (χ4v) is 4.32. The second-order valence-electron chi connectivity index (χ2n) is 4.22. The third kappa shape index (κ3) is 4.62. The topological polar surface area (TPSA) is 72.2 Å². The molecular formula is C11H16BrFN2O2S2. The number of nitrogens with one attached hydrogen (secondary N) is 1. The zero-order chi connectivity index (χ0) is 14.6. The van der Waals surface area contributed by atoms with Gasteiger partial charge in [0.25, 0.3) is 0 Å². The predicted molar refractivity (Wildman–Crippen MR) is 81.2 cm³/mol. The number of nitrogen functional groups attached to an aromatic ring is 1. The van der Waals surface area contributed by atoms with Crippen molar-refractivity contribution in [2.45, 2.75) is 11.8 Å². The van der Waals surface area contributed by atoms with E-state index in [1.165, 1.54) is 0 Å². The number of halogens is 2. The molecule has 3 N–H and O–H groups in total. The molecule has 1 atom stereocenters. The molecule has 0 bridgehead atoms. The maximum atomic E-state index is 13.2. The van der Waals surface area contributed by atoms with Crippen molar-refractivity contribution in [3.63, 3.8) is 0 Å². The monoisotopic (exact) mass is 370 g/mol. The highest BCUT2D eigenvalue weighted by Gasteiger charge is 2.20. The fourth-order valence-electron chi connectivity index (χ4n) is 1.42. The molecular weight excluding hydrogens is 355 g/mol. The Hall–Kier alpha value is -0.310. The van der Waals surface area contributed by atoms with Crippen molar-refractivity contribution in [3.05, 3.63) is 22.4 Å². The summed E-state index contributed by atoms with van der Waals surface area (Å²) in [6.07, 6.45) is 1.96. The lowest BCUT2D eigenvalue weighted by atomic mass is 10.2. The van der Waals surface area contributed by atoms with Crippen LogP contribution in [0.5, 0.6) is 0 Å². The number of benzene rings is 1. The summed E-state index contributed by atoms with van der Waals surface area (Å²) in [5.74, 6) is 0.415. The summed E-state index contributed by atoms with van der Waals surface area (Å²) < 4.78 is 40.0. The summed E-state index contributed by atoms with van der Waals surface area (Å²) in [6.45, 7) is 2.28. The zero-order valence-electron chi connectivity index (χ0n) is 10.6. The normalized spacial score (nSPS) is 13.5. The lowest BCUT2D eigenvalue weighted by Crippen LogP contribution is -2.29. The van der Waals surface area contributed by atoms with Gasteiger partial charge in [0.2, 0.25) is 10.0 Å². The van der Waals surface area contributed by atoms with Gasteiger partial charge in [-0.25, -0.2) is 17.5 Å². The van der Waals surface area contributed by atoms with Crippen LogP contribution < -0.4 is 10.5 Å². The van der Waals surface area contributed by atoms with Crippen LogP contribution in [0.3, 0.4) is 0 Å². The lowest BCUT2D eigenvalue weighted by Gasteiger charge is -2.13. The number of sulfonamides is 1. The highest BCUT2D eigenvalue weighted by molar-refractivity contribution is 9.10. The summed E-state index contributed by atoms with van der Waals surface area (Å²) in [4.78, 5) is -0.0530. The second-order valence-corrected chi connectivity index (χ2v) is 7.72. The van der Waals surface area contributed by atoms with Gasteiger partial charge in [-0.1, -0.05) is 6.92 Å². The van der Waals surface area contributed by atoms with Gasteiger partial charge in [-0.3, -0.25) is 0 Å². The number of thioether (sulfide) groups is 1. The average molecular weight is 371 g/mol. The summed E-state index contributed by atoms with van der Waals surface area (Å²) in [5.41, 5.74) is 5.20. The number of hydrogen-bond acceptors (Lipinski definition) is 4. The number of hydrogen-bond donors (Lipinski definition) is 2. The molecule has 4 nitrogen and oxygen atoms in total. The van der Waals surface area contributed by atoms with Crippen molar-refractivity contribution in [2.24, 2.45) is 5.92 Å². The van der Waals surface area contributed by atoms with Crippen molar-refractivity contribution < 1.29 is 12.8 Å². The van der Waals surface area contributed by atoms with E-state index >= 15 is 0 Å². The maximum absolute atomic E-state index is 13.2. The summed E-state index contributed by atoms with van der Waals surface area (Å²) in [6, 6.07) is 2.16. The molecule has 8 heteroatoms. The van der Waals surface area contributed by atoms with Crippen molar-refractivity contribution in [2.75, 3.05) is 24.3 Å². The van der Waals surface area contributed by atoms with Gasteiger partial charge in [-0.05, 0) is 46.0 Å². The first-order chi connectivity index (χ1) is 8.77. The van der Waals surface area contributed by atoms with Gasteiger partial charge in [0.15, 0.2) is 0 Å². The molecule has 108 valence electrons. The minimum absolute atomic E-state index is 0.0530. The highest BCUT2D eigenvalue weighted by atomic mass is 79.9. The first-order valence-corrected chi connectivity index (χ1v) is 9.18. The molecule has 0 aromatic heterocycles. The molecule has 0 aliphatic heterocycles. The summed E-state index contributed by atoms with van der Waals surface area (Å²) >= 11 is 4.69. The van der Waals surface area contributed by atoms with E-state index in [-0.39, 0.29) is 21.0 Å². The molecule has 0 aliphatic carbocycles. The Bertz CT molecular complexity index is 552. The van der Waals surface area contributed by atoms with Gasteiger partial charge in [0.05, 0.1) is 10.6 Å². The number of rotatable bonds is 6. The van der Waals surface area contributed by atoms with Crippen molar-refractivity contribution in [1.29, 1.82) is 0 Å². The Morgan fingerprint density at radius 3 is 2.74 bits per heavy atom. The fraction of sp³-hybridized carbons (Fsp3) is 0.455. The lowest BCUT2D eigenvalue weighted by molar-refractivity contribution is 0.561. The van der Waals surface area contributed by atoms with Crippen LogP contribution in [-0.4, -0.2) is 27.0 Å². The van der Waals surface area contributed by atoms with Gasteiger partial charge < -0.3 is 5.73 Å². The quantitative estimate of drug-likeness (QED) is 0.754. The molecule has 0 fully saturated rings.